The van der Waals surface area contributed by atoms with E-state index in [-0.39, 0.29) is 17.7 Å². The standard InChI is InChI=1S/C20H19N5O3S/c1-28-16-9-7-14(8-10-16)18-22-23-20(25(18)15-5-3-2-4-6-15)29-13-17(26)24-12-11-21-19(24)27/h2-10H,11-13H2,1H3,(H,21,27). The van der Waals surface area contributed by atoms with Crippen LogP contribution in [0.2, 0.25) is 0 Å². The van der Waals surface area contributed by atoms with Gasteiger partial charge in [0.2, 0.25) is 5.91 Å². The minimum Gasteiger partial charge on any atom is -0.497 e. The highest BCUT2D eigenvalue weighted by Crippen LogP contribution is 2.29. The fourth-order valence-electron chi connectivity index (χ4n) is 3.01. The molecule has 1 aliphatic heterocycles. The van der Waals surface area contributed by atoms with Crippen LogP contribution in [0.3, 0.4) is 0 Å². The summed E-state index contributed by atoms with van der Waals surface area (Å²) in [6.07, 6.45) is 0. The van der Waals surface area contributed by atoms with Gasteiger partial charge >= 0.3 is 6.03 Å². The van der Waals surface area contributed by atoms with Crippen LogP contribution in [0.1, 0.15) is 0 Å². The van der Waals surface area contributed by atoms with Gasteiger partial charge in [-0.15, -0.1) is 10.2 Å². The smallest absolute Gasteiger partial charge is 0.324 e. The number of thioether (sulfide) groups is 1. The normalized spacial score (nSPS) is 13.4. The molecule has 1 aromatic heterocycles. The molecule has 0 radical (unpaired) electrons. The second-order valence-corrected chi connectivity index (χ2v) is 7.21. The molecule has 1 aliphatic rings. The minimum atomic E-state index is -0.348. The predicted octanol–water partition coefficient (Wildman–Crippen LogP) is 2.59. The molecule has 2 aromatic carbocycles. The number of aromatic nitrogens is 3. The van der Waals surface area contributed by atoms with Crippen LogP contribution in [0.4, 0.5) is 4.79 Å². The van der Waals surface area contributed by atoms with Gasteiger partial charge in [0.05, 0.1) is 12.9 Å². The third-order valence-corrected chi connectivity index (χ3v) is 5.39. The number of amides is 3. The molecule has 2 heterocycles. The van der Waals surface area contributed by atoms with Gasteiger partial charge in [0.1, 0.15) is 5.75 Å². The van der Waals surface area contributed by atoms with E-state index in [0.717, 1.165) is 17.0 Å². The summed E-state index contributed by atoms with van der Waals surface area (Å²) in [7, 11) is 1.62. The maximum absolute atomic E-state index is 12.4. The second-order valence-electron chi connectivity index (χ2n) is 6.27. The molecule has 29 heavy (non-hydrogen) atoms. The van der Waals surface area contributed by atoms with Crippen molar-refractivity contribution in [2.45, 2.75) is 5.16 Å². The van der Waals surface area contributed by atoms with E-state index in [4.69, 9.17) is 4.74 Å². The molecule has 8 nitrogen and oxygen atoms in total. The largest absolute Gasteiger partial charge is 0.497 e. The average molecular weight is 409 g/mol. The van der Waals surface area contributed by atoms with Crippen LogP contribution < -0.4 is 10.1 Å². The first kappa shape index (κ1) is 19.0. The van der Waals surface area contributed by atoms with Crippen molar-refractivity contribution in [3.63, 3.8) is 0 Å². The Balaban J connectivity index is 1.64. The van der Waals surface area contributed by atoms with Crippen molar-refractivity contribution in [1.82, 2.24) is 25.0 Å². The summed E-state index contributed by atoms with van der Waals surface area (Å²) in [6.45, 7) is 0.873. The summed E-state index contributed by atoms with van der Waals surface area (Å²) in [5, 5.41) is 11.9. The Morgan fingerprint density at radius 3 is 2.55 bits per heavy atom. The quantitative estimate of drug-likeness (QED) is 0.630. The van der Waals surface area contributed by atoms with Crippen molar-refractivity contribution >= 4 is 23.7 Å². The molecular formula is C20H19N5O3S. The van der Waals surface area contributed by atoms with Gasteiger partial charge in [0, 0.05) is 24.3 Å². The Kier molecular flexibility index (Phi) is 5.48. The first-order chi connectivity index (χ1) is 14.2. The van der Waals surface area contributed by atoms with Gasteiger partial charge in [-0.25, -0.2) is 4.79 Å². The summed E-state index contributed by atoms with van der Waals surface area (Å²) >= 11 is 1.26. The zero-order valence-electron chi connectivity index (χ0n) is 15.7. The molecule has 3 aromatic rings. The Hall–Kier alpha value is -3.33. The van der Waals surface area contributed by atoms with Crippen molar-refractivity contribution in [2.24, 2.45) is 0 Å². The molecule has 0 saturated carbocycles. The Morgan fingerprint density at radius 2 is 1.90 bits per heavy atom. The van der Waals surface area contributed by atoms with Crippen molar-refractivity contribution in [3.05, 3.63) is 54.6 Å². The molecule has 0 spiro atoms. The zero-order chi connectivity index (χ0) is 20.2. The lowest BCUT2D eigenvalue weighted by atomic mass is 10.2. The van der Waals surface area contributed by atoms with E-state index in [1.54, 1.807) is 7.11 Å². The lowest BCUT2D eigenvalue weighted by Gasteiger charge is -2.13. The minimum absolute atomic E-state index is 0.0982. The van der Waals surface area contributed by atoms with Gasteiger partial charge in [-0.2, -0.15) is 0 Å². The fourth-order valence-corrected chi connectivity index (χ4v) is 3.84. The van der Waals surface area contributed by atoms with Gasteiger partial charge in [0.15, 0.2) is 11.0 Å². The van der Waals surface area contributed by atoms with Gasteiger partial charge in [-0.1, -0.05) is 30.0 Å². The van der Waals surface area contributed by atoms with E-state index in [9.17, 15) is 9.59 Å². The number of carbonyl (C=O) groups excluding carboxylic acids is 2. The van der Waals surface area contributed by atoms with Crippen LogP contribution in [0.25, 0.3) is 17.1 Å². The number of ether oxygens (including phenoxy) is 1. The molecular weight excluding hydrogens is 390 g/mol. The lowest BCUT2D eigenvalue weighted by Crippen LogP contribution is -2.35. The summed E-state index contributed by atoms with van der Waals surface area (Å²) < 4.78 is 7.13. The van der Waals surface area contributed by atoms with Gasteiger partial charge in [-0.3, -0.25) is 14.3 Å². The van der Waals surface area contributed by atoms with Crippen molar-refractivity contribution in [2.75, 3.05) is 26.0 Å². The molecule has 1 N–H and O–H groups in total. The molecule has 0 atom stereocenters. The lowest BCUT2D eigenvalue weighted by molar-refractivity contribution is -0.124. The highest BCUT2D eigenvalue weighted by molar-refractivity contribution is 7.99. The van der Waals surface area contributed by atoms with Crippen LogP contribution in [-0.4, -0.2) is 57.6 Å². The van der Waals surface area contributed by atoms with Crippen molar-refractivity contribution in [3.8, 4) is 22.8 Å². The number of carbonyl (C=O) groups is 2. The number of hydrogen-bond donors (Lipinski definition) is 1. The number of para-hydroxylation sites is 1. The summed E-state index contributed by atoms with van der Waals surface area (Å²) in [5.74, 6) is 1.26. The number of nitrogens with one attached hydrogen (secondary N) is 1. The Labute approximate surface area is 171 Å². The van der Waals surface area contributed by atoms with Crippen LogP contribution >= 0.6 is 11.8 Å². The topological polar surface area (TPSA) is 89.4 Å². The number of rotatable bonds is 6. The molecule has 3 amide bonds. The second kappa shape index (κ2) is 8.36. The zero-order valence-corrected chi connectivity index (χ0v) is 16.6. The SMILES string of the molecule is COc1ccc(-c2nnc(SCC(=O)N3CCNC3=O)n2-c2ccccc2)cc1. The maximum Gasteiger partial charge on any atom is 0.324 e. The summed E-state index contributed by atoms with van der Waals surface area (Å²) in [5.41, 5.74) is 1.76. The van der Waals surface area contributed by atoms with E-state index in [1.165, 1.54) is 16.7 Å². The number of urea groups is 1. The number of hydrogen-bond acceptors (Lipinski definition) is 6. The van der Waals surface area contributed by atoms with Crippen LogP contribution in [0.5, 0.6) is 5.75 Å². The summed E-state index contributed by atoms with van der Waals surface area (Å²) in [4.78, 5) is 25.3. The van der Waals surface area contributed by atoms with E-state index in [2.05, 4.69) is 15.5 Å². The van der Waals surface area contributed by atoms with Crippen molar-refractivity contribution in [1.29, 1.82) is 0 Å². The number of imide groups is 1. The summed E-state index contributed by atoms with van der Waals surface area (Å²) in [6, 6.07) is 16.9. The molecule has 0 unspecified atom stereocenters. The molecule has 9 heteroatoms. The molecule has 148 valence electrons. The number of nitrogens with zero attached hydrogens (tertiary/aromatic N) is 4. The fraction of sp³-hybridized carbons (Fsp3) is 0.200. The van der Waals surface area contributed by atoms with Crippen LogP contribution in [-0.2, 0) is 4.79 Å². The van der Waals surface area contributed by atoms with E-state index < -0.39 is 0 Å². The Morgan fingerprint density at radius 1 is 1.14 bits per heavy atom. The first-order valence-corrected chi connectivity index (χ1v) is 10.0. The average Bonchev–Trinajstić information content (AvgIpc) is 3.39. The monoisotopic (exact) mass is 409 g/mol. The van der Waals surface area contributed by atoms with E-state index >= 15 is 0 Å². The van der Waals surface area contributed by atoms with Crippen LogP contribution in [0, 0.1) is 0 Å². The number of methoxy groups -OCH3 is 1. The third-order valence-electron chi connectivity index (χ3n) is 4.48. The first-order valence-electron chi connectivity index (χ1n) is 9.03. The Bertz CT molecular complexity index is 1020. The molecule has 0 aliphatic carbocycles. The third kappa shape index (κ3) is 3.95. The van der Waals surface area contributed by atoms with Crippen LogP contribution in [0.15, 0.2) is 59.8 Å². The van der Waals surface area contributed by atoms with E-state index in [0.29, 0.717) is 24.1 Å². The predicted molar refractivity (Wildman–Crippen MR) is 109 cm³/mol. The van der Waals surface area contributed by atoms with Gasteiger partial charge < -0.3 is 10.1 Å². The van der Waals surface area contributed by atoms with Crippen molar-refractivity contribution < 1.29 is 14.3 Å². The molecule has 1 saturated heterocycles. The molecule has 0 bridgehead atoms. The molecule has 4 rings (SSSR count). The van der Waals surface area contributed by atoms with E-state index in [1.807, 2.05) is 59.2 Å². The van der Waals surface area contributed by atoms with Gasteiger partial charge in [-0.05, 0) is 36.4 Å². The highest BCUT2D eigenvalue weighted by Gasteiger charge is 2.27. The van der Waals surface area contributed by atoms with Gasteiger partial charge in [0.25, 0.3) is 0 Å². The number of benzene rings is 2. The maximum atomic E-state index is 12.4. The highest BCUT2D eigenvalue weighted by atomic mass is 32.2. The molecule has 1 fully saturated rings.